The Balaban J connectivity index is 1.66. The summed E-state index contributed by atoms with van der Waals surface area (Å²) in [7, 11) is 3.14. The molecule has 0 fully saturated rings. The monoisotopic (exact) mass is 434 g/mol. The second-order valence-corrected chi connectivity index (χ2v) is 7.81. The van der Waals surface area contributed by atoms with Crippen LogP contribution in [-0.2, 0) is 11.3 Å². The van der Waals surface area contributed by atoms with Gasteiger partial charge in [-0.3, -0.25) is 4.79 Å². The fourth-order valence-corrected chi connectivity index (χ4v) is 4.35. The molecule has 158 valence electrons. The molecular formula is C23H22N4O3S. The van der Waals surface area contributed by atoms with Gasteiger partial charge in [-0.05, 0) is 36.8 Å². The number of ether oxygens (including phenoxy) is 2. The topological polar surface area (TPSA) is 85.4 Å². The third-order valence-electron chi connectivity index (χ3n) is 4.70. The highest BCUT2D eigenvalue weighted by Crippen LogP contribution is 2.36. The highest BCUT2D eigenvalue weighted by molar-refractivity contribution is 7.20. The van der Waals surface area contributed by atoms with Gasteiger partial charge in [0.15, 0.2) is 5.82 Å². The van der Waals surface area contributed by atoms with E-state index in [1.807, 2.05) is 61.5 Å². The molecule has 0 saturated carbocycles. The van der Waals surface area contributed by atoms with Crippen molar-refractivity contribution in [1.82, 2.24) is 9.97 Å². The van der Waals surface area contributed by atoms with Crippen molar-refractivity contribution in [1.29, 1.82) is 0 Å². The second-order valence-electron chi connectivity index (χ2n) is 6.81. The van der Waals surface area contributed by atoms with Gasteiger partial charge in [-0.15, -0.1) is 11.3 Å². The number of carbonyl (C=O) groups is 1. The Kier molecular flexibility index (Phi) is 6.11. The Labute approximate surface area is 184 Å². The molecule has 0 aliphatic carbocycles. The molecule has 0 aliphatic heterocycles. The van der Waals surface area contributed by atoms with Crippen molar-refractivity contribution in [2.24, 2.45) is 0 Å². The molecule has 2 N–H and O–H groups in total. The molecule has 2 aromatic carbocycles. The van der Waals surface area contributed by atoms with E-state index >= 15 is 0 Å². The lowest BCUT2D eigenvalue weighted by Gasteiger charge is -2.13. The third-order valence-corrected chi connectivity index (χ3v) is 5.89. The molecule has 31 heavy (non-hydrogen) atoms. The van der Waals surface area contributed by atoms with Crippen LogP contribution in [0.1, 0.15) is 21.1 Å². The number of amides is 1. The number of nitrogens with zero attached hydrogens (tertiary/aromatic N) is 2. The molecule has 2 aromatic heterocycles. The van der Waals surface area contributed by atoms with E-state index in [1.165, 1.54) is 11.3 Å². The first-order valence-electron chi connectivity index (χ1n) is 9.66. The van der Waals surface area contributed by atoms with Crippen LogP contribution in [0.3, 0.4) is 0 Å². The van der Waals surface area contributed by atoms with E-state index in [2.05, 4.69) is 20.6 Å². The standard InChI is InChI=1S/C23H22N4O3S/c1-14-19-22(30-3)26-18(13-29-2)27-23(19)31-20(14)21(28)25-17-12-8-7-11-16(17)24-15-9-5-4-6-10-15/h4-12,24H,13H2,1-3H3,(H,25,28). The number of aryl methyl sites for hydroxylation is 1. The van der Waals surface area contributed by atoms with Crippen LogP contribution in [0.15, 0.2) is 54.6 Å². The summed E-state index contributed by atoms with van der Waals surface area (Å²) >= 11 is 1.31. The minimum atomic E-state index is -0.210. The van der Waals surface area contributed by atoms with Gasteiger partial charge >= 0.3 is 0 Å². The maximum atomic E-state index is 13.2. The maximum absolute atomic E-state index is 13.2. The number of rotatable bonds is 7. The summed E-state index contributed by atoms with van der Waals surface area (Å²) in [6.45, 7) is 2.15. The fraction of sp³-hybridized carbons (Fsp3) is 0.174. The summed E-state index contributed by atoms with van der Waals surface area (Å²) in [5, 5.41) is 7.11. The molecule has 0 unspecified atom stereocenters. The number of anilines is 3. The average Bonchev–Trinajstić information content (AvgIpc) is 3.12. The SMILES string of the molecule is COCc1nc(OC)c2c(C)c(C(=O)Nc3ccccc3Nc3ccccc3)sc2n1. The summed E-state index contributed by atoms with van der Waals surface area (Å²) in [5.74, 6) is 0.742. The highest BCUT2D eigenvalue weighted by atomic mass is 32.1. The van der Waals surface area contributed by atoms with Gasteiger partial charge in [0.05, 0.1) is 28.7 Å². The van der Waals surface area contributed by atoms with Crippen LogP contribution >= 0.6 is 11.3 Å². The van der Waals surface area contributed by atoms with Gasteiger partial charge in [0.1, 0.15) is 11.4 Å². The molecule has 2 heterocycles. The summed E-state index contributed by atoms with van der Waals surface area (Å²) in [4.78, 5) is 23.4. The number of fused-ring (bicyclic) bond motifs is 1. The Morgan fingerprint density at radius 3 is 2.42 bits per heavy atom. The number of benzene rings is 2. The van der Waals surface area contributed by atoms with Gasteiger partial charge in [-0.25, -0.2) is 4.98 Å². The number of methoxy groups -OCH3 is 2. The fourth-order valence-electron chi connectivity index (χ4n) is 3.26. The zero-order valence-corrected chi connectivity index (χ0v) is 18.2. The molecule has 0 bridgehead atoms. The van der Waals surface area contributed by atoms with Gasteiger partial charge in [0, 0.05) is 12.8 Å². The number of hydrogen-bond donors (Lipinski definition) is 2. The molecule has 4 rings (SSSR count). The lowest BCUT2D eigenvalue weighted by atomic mass is 10.2. The predicted octanol–water partition coefficient (Wildman–Crippen LogP) is 5.15. The summed E-state index contributed by atoms with van der Waals surface area (Å²) < 4.78 is 10.6. The third kappa shape index (κ3) is 4.35. The van der Waals surface area contributed by atoms with Gasteiger partial charge in [-0.2, -0.15) is 4.98 Å². The molecule has 8 heteroatoms. The van der Waals surface area contributed by atoms with Crippen LogP contribution in [0.2, 0.25) is 0 Å². The first kappa shape index (κ1) is 20.8. The smallest absolute Gasteiger partial charge is 0.266 e. The van der Waals surface area contributed by atoms with Crippen LogP contribution in [0.5, 0.6) is 5.88 Å². The first-order valence-corrected chi connectivity index (χ1v) is 10.5. The molecular weight excluding hydrogens is 412 g/mol. The maximum Gasteiger partial charge on any atom is 0.266 e. The van der Waals surface area contributed by atoms with Crippen LogP contribution < -0.4 is 15.4 Å². The number of thiophene rings is 1. The van der Waals surface area contributed by atoms with Crippen molar-refractivity contribution in [3.8, 4) is 5.88 Å². The van der Waals surface area contributed by atoms with Crippen molar-refractivity contribution in [2.75, 3.05) is 24.9 Å². The quantitative estimate of drug-likeness (QED) is 0.418. The molecule has 0 saturated heterocycles. The Morgan fingerprint density at radius 1 is 1.00 bits per heavy atom. The lowest BCUT2D eigenvalue weighted by Crippen LogP contribution is -2.12. The van der Waals surface area contributed by atoms with E-state index in [1.54, 1.807) is 14.2 Å². The van der Waals surface area contributed by atoms with E-state index < -0.39 is 0 Å². The van der Waals surface area contributed by atoms with Crippen LogP contribution in [-0.4, -0.2) is 30.1 Å². The Morgan fingerprint density at radius 2 is 1.71 bits per heavy atom. The van der Waals surface area contributed by atoms with Crippen molar-refractivity contribution in [2.45, 2.75) is 13.5 Å². The van der Waals surface area contributed by atoms with Gasteiger partial charge in [0.2, 0.25) is 5.88 Å². The molecule has 0 radical (unpaired) electrons. The van der Waals surface area contributed by atoms with Crippen molar-refractivity contribution in [3.63, 3.8) is 0 Å². The minimum absolute atomic E-state index is 0.210. The normalized spacial score (nSPS) is 10.8. The highest BCUT2D eigenvalue weighted by Gasteiger charge is 2.22. The average molecular weight is 435 g/mol. The molecule has 0 atom stereocenters. The van der Waals surface area contributed by atoms with E-state index in [4.69, 9.17) is 9.47 Å². The molecule has 1 amide bonds. The lowest BCUT2D eigenvalue weighted by molar-refractivity contribution is 0.103. The van der Waals surface area contributed by atoms with E-state index in [9.17, 15) is 4.79 Å². The van der Waals surface area contributed by atoms with Gasteiger partial charge in [-0.1, -0.05) is 30.3 Å². The molecule has 4 aromatic rings. The van der Waals surface area contributed by atoms with Crippen LogP contribution in [0.25, 0.3) is 10.2 Å². The van der Waals surface area contributed by atoms with Gasteiger partial charge < -0.3 is 20.1 Å². The zero-order chi connectivity index (χ0) is 21.8. The number of hydrogen-bond acceptors (Lipinski definition) is 7. The van der Waals surface area contributed by atoms with Crippen LogP contribution in [0, 0.1) is 6.92 Å². The molecule has 7 nitrogen and oxygen atoms in total. The van der Waals surface area contributed by atoms with Crippen molar-refractivity contribution >= 4 is 44.5 Å². The Bertz CT molecular complexity index is 1220. The zero-order valence-electron chi connectivity index (χ0n) is 17.4. The molecule has 0 spiro atoms. The number of para-hydroxylation sites is 3. The Hall–Kier alpha value is -3.49. The van der Waals surface area contributed by atoms with E-state index in [0.29, 0.717) is 27.1 Å². The summed E-state index contributed by atoms with van der Waals surface area (Å²) in [5.41, 5.74) is 3.21. The second kappa shape index (κ2) is 9.11. The number of nitrogens with one attached hydrogen (secondary N) is 2. The number of aromatic nitrogens is 2. The minimum Gasteiger partial charge on any atom is -0.480 e. The molecule has 0 aliphatic rings. The van der Waals surface area contributed by atoms with E-state index in [0.717, 1.165) is 22.3 Å². The van der Waals surface area contributed by atoms with Crippen molar-refractivity contribution < 1.29 is 14.3 Å². The van der Waals surface area contributed by atoms with E-state index in [-0.39, 0.29) is 12.5 Å². The predicted molar refractivity (Wildman–Crippen MR) is 124 cm³/mol. The summed E-state index contributed by atoms with van der Waals surface area (Å²) in [6, 6.07) is 17.4. The van der Waals surface area contributed by atoms with Crippen LogP contribution in [0.4, 0.5) is 17.1 Å². The largest absolute Gasteiger partial charge is 0.480 e. The summed E-state index contributed by atoms with van der Waals surface area (Å²) in [6.07, 6.45) is 0. The first-order chi connectivity index (χ1) is 15.1. The van der Waals surface area contributed by atoms with Crippen molar-refractivity contribution in [3.05, 3.63) is 70.9 Å². The van der Waals surface area contributed by atoms with Gasteiger partial charge in [0.25, 0.3) is 5.91 Å². The number of carbonyl (C=O) groups excluding carboxylic acids is 1.